The molecular formula is C19H16ClNO2S. The zero-order valence-corrected chi connectivity index (χ0v) is 14.6. The summed E-state index contributed by atoms with van der Waals surface area (Å²) in [6, 6.07) is 17.2. The Morgan fingerprint density at radius 1 is 1.12 bits per heavy atom. The zero-order chi connectivity index (χ0) is 17.1. The molecule has 1 aromatic heterocycles. The molecule has 2 aromatic carbocycles. The van der Waals surface area contributed by atoms with Gasteiger partial charge in [-0.1, -0.05) is 61.0 Å². The Kier molecular flexibility index (Phi) is 4.97. The van der Waals surface area contributed by atoms with Gasteiger partial charge in [-0.05, 0) is 24.1 Å². The molecule has 0 aliphatic rings. The molecule has 0 fully saturated rings. The number of hydrogen-bond acceptors (Lipinski definition) is 3. The SMILES string of the molecule is CCC(C(=O)O)c1nc(-c2ccc(Cl)cc2)sc1-c1ccccc1. The zero-order valence-electron chi connectivity index (χ0n) is 13.1. The van der Waals surface area contributed by atoms with Crippen molar-refractivity contribution in [3.8, 4) is 21.0 Å². The lowest BCUT2D eigenvalue weighted by atomic mass is 9.99. The fourth-order valence-electron chi connectivity index (χ4n) is 2.57. The van der Waals surface area contributed by atoms with Crippen molar-refractivity contribution in [1.29, 1.82) is 0 Å². The summed E-state index contributed by atoms with van der Waals surface area (Å²) in [5.41, 5.74) is 2.56. The number of aliphatic carboxylic acids is 1. The summed E-state index contributed by atoms with van der Waals surface area (Å²) in [5, 5.41) is 11.0. The molecule has 0 saturated heterocycles. The first kappa shape index (κ1) is 16.7. The molecule has 3 aromatic rings. The van der Waals surface area contributed by atoms with Gasteiger partial charge in [-0.3, -0.25) is 4.79 Å². The quantitative estimate of drug-likeness (QED) is 0.636. The molecule has 0 radical (unpaired) electrons. The van der Waals surface area contributed by atoms with Crippen molar-refractivity contribution in [2.24, 2.45) is 0 Å². The lowest BCUT2D eigenvalue weighted by molar-refractivity contribution is -0.138. The number of carboxylic acid groups (broad SMARTS) is 1. The van der Waals surface area contributed by atoms with Crippen LogP contribution in [-0.4, -0.2) is 16.1 Å². The summed E-state index contributed by atoms with van der Waals surface area (Å²) in [5.74, 6) is -1.46. The van der Waals surface area contributed by atoms with Crippen LogP contribution >= 0.6 is 22.9 Å². The summed E-state index contributed by atoms with van der Waals surface area (Å²) < 4.78 is 0. The maximum Gasteiger partial charge on any atom is 0.312 e. The van der Waals surface area contributed by atoms with Gasteiger partial charge in [0.2, 0.25) is 0 Å². The van der Waals surface area contributed by atoms with Crippen LogP contribution in [0, 0.1) is 0 Å². The monoisotopic (exact) mass is 357 g/mol. The number of thiazole rings is 1. The van der Waals surface area contributed by atoms with Crippen LogP contribution in [0.1, 0.15) is 25.0 Å². The standard InChI is InChI=1S/C19H16ClNO2S/c1-2-15(19(22)23)16-17(12-6-4-3-5-7-12)24-18(21-16)13-8-10-14(20)11-9-13/h3-11,15H,2H2,1H3,(H,22,23). The van der Waals surface area contributed by atoms with Crippen LogP contribution in [0.5, 0.6) is 0 Å². The van der Waals surface area contributed by atoms with Crippen LogP contribution in [-0.2, 0) is 4.79 Å². The van der Waals surface area contributed by atoms with Gasteiger partial charge in [0.25, 0.3) is 0 Å². The van der Waals surface area contributed by atoms with Crippen LogP contribution in [0.4, 0.5) is 0 Å². The summed E-state index contributed by atoms with van der Waals surface area (Å²) in [6.07, 6.45) is 0.499. The number of halogens is 1. The van der Waals surface area contributed by atoms with E-state index < -0.39 is 11.9 Å². The summed E-state index contributed by atoms with van der Waals surface area (Å²) in [7, 11) is 0. The second kappa shape index (κ2) is 7.16. The minimum Gasteiger partial charge on any atom is -0.481 e. The summed E-state index contributed by atoms with van der Waals surface area (Å²) in [6.45, 7) is 1.87. The van der Waals surface area contributed by atoms with Gasteiger partial charge in [-0.2, -0.15) is 0 Å². The third-order valence-corrected chi connectivity index (χ3v) is 5.24. The van der Waals surface area contributed by atoms with E-state index in [1.54, 1.807) is 0 Å². The maximum absolute atomic E-state index is 11.7. The molecule has 1 heterocycles. The van der Waals surface area contributed by atoms with Crippen molar-refractivity contribution in [1.82, 2.24) is 4.98 Å². The molecule has 3 rings (SSSR count). The van der Waals surface area contributed by atoms with Crippen molar-refractivity contribution < 1.29 is 9.90 Å². The topological polar surface area (TPSA) is 50.2 Å². The van der Waals surface area contributed by atoms with E-state index in [2.05, 4.69) is 4.98 Å². The highest BCUT2D eigenvalue weighted by Crippen LogP contribution is 2.39. The predicted molar refractivity (Wildman–Crippen MR) is 98.7 cm³/mol. The van der Waals surface area contributed by atoms with Gasteiger partial charge in [0, 0.05) is 10.6 Å². The molecule has 0 aliphatic carbocycles. The second-order valence-electron chi connectivity index (χ2n) is 5.41. The number of nitrogens with zero attached hydrogens (tertiary/aromatic N) is 1. The highest BCUT2D eigenvalue weighted by atomic mass is 35.5. The Bertz CT molecular complexity index is 844. The summed E-state index contributed by atoms with van der Waals surface area (Å²) >= 11 is 7.47. The minimum atomic E-state index is -0.845. The Morgan fingerprint density at radius 3 is 2.38 bits per heavy atom. The first-order chi connectivity index (χ1) is 11.6. The van der Waals surface area contributed by atoms with E-state index in [0.717, 1.165) is 21.0 Å². The van der Waals surface area contributed by atoms with E-state index in [1.807, 2.05) is 61.5 Å². The largest absolute Gasteiger partial charge is 0.481 e. The first-order valence-electron chi connectivity index (χ1n) is 7.65. The Balaban J connectivity index is 2.15. The number of aromatic nitrogens is 1. The normalized spacial score (nSPS) is 12.1. The molecule has 24 heavy (non-hydrogen) atoms. The fraction of sp³-hybridized carbons (Fsp3) is 0.158. The molecule has 1 atom stereocenters. The Labute approximate surface area is 149 Å². The van der Waals surface area contributed by atoms with Gasteiger partial charge in [0.1, 0.15) is 10.9 Å². The van der Waals surface area contributed by atoms with E-state index in [-0.39, 0.29) is 0 Å². The molecule has 5 heteroatoms. The lowest BCUT2D eigenvalue weighted by Gasteiger charge is -2.09. The predicted octanol–water partition coefficient (Wildman–Crippen LogP) is 5.71. The second-order valence-corrected chi connectivity index (χ2v) is 6.84. The molecule has 1 N–H and O–H groups in total. The van der Waals surface area contributed by atoms with Gasteiger partial charge >= 0.3 is 5.97 Å². The molecule has 0 amide bonds. The van der Waals surface area contributed by atoms with Crippen LogP contribution in [0.25, 0.3) is 21.0 Å². The van der Waals surface area contributed by atoms with Crippen LogP contribution in [0.3, 0.4) is 0 Å². The smallest absolute Gasteiger partial charge is 0.312 e. The van der Waals surface area contributed by atoms with Crippen LogP contribution < -0.4 is 0 Å². The van der Waals surface area contributed by atoms with E-state index in [0.29, 0.717) is 17.1 Å². The van der Waals surface area contributed by atoms with Gasteiger partial charge in [-0.15, -0.1) is 11.3 Å². The van der Waals surface area contributed by atoms with Crippen LogP contribution in [0.2, 0.25) is 5.02 Å². The number of rotatable bonds is 5. The number of hydrogen-bond donors (Lipinski definition) is 1. The third kappa shape index (κ3) is 3.35. The molecular weight excluding hydrogens is 342 g/mol. The van der Waals surface area contributed by atoms with Gasteiger partial charge in [-0.25, -0.2) is 4.98 Å². The first-order valence-corrected chi connectivity index (χ1v) is 8.84. The van der Waals surface area contributed by atoms with Crippen molar-refractivity contribution in [3.05, 3.63) is 65.3 Å². The van der Waals surface area contributed by atoms with Gasteiger partial charge < -0.3 is 5.11 Å². The average Bonchev–Trinajstić information content (AvgIpc) is 3.01. The molecule has 0 spiro atoms. The molecule has 122 valence electrons. The number of benzene rings is 2. The lowest BCUT2D eigenvalue weighted by Crippen LogP contribution is -2.11. The van der Waals surface area contributed by atoms with Crippen molar-refractivity contribution in [3.63, 3.8) is 0 Å². The maximum atomic E-state index is 11.7. The van der Waals surface area contributed by atoms with Crippen molar-refractivity contribution >= 4 is 28.9 Å². The molecule has 1 unspecified atom stereocenters. The average molecular weight is 358 g/mol. The highest BCUT2D eigenvalue weighted by Gasteiger charge is 2.26. The Morgan fingerprint density at radius 2 is 1.79 bits per heavy atom. The molecule has 0 aliphatic heterocycles. The third-order valence-electron chi connectivity index (χ3n) is 3.82. The van der Waals surface area contributed by atoms with E-state index in [4.69, 9.17) is 11.6 Å². The molecule has 0 saturated carbocycles. The minimum absolute atomic E-state index is 0.499. The van der Waals surface area contributed by atoms with E-state index in [9.17, 15) is 9.90 Å². The Hall–Kier alpha value is -2.17. The van der Waals surface area contributed by atoms with Crippen molar-refractivity contribution in [2.45, 2.75) is 19.3 Å². The van der Waals surface area contributed by atoms with E-state index in [1.165, 1.54) is 11.3 Å². The number of carboxylic acids is 1. The van der Waals surface area contributed by atoms with Gasteiger partial charge in [0.15, 0.2) is 0 Å². The van der Waals surface area contributed by atoms with Gasteiger partial charge in [0.05, 0.1) is 10.6 Å². The highest BCUT2D eigenvalue weighted by molar-refractivity contribution is 7.18. The van der Waals surface area contributed by atoms with E-state index >= 15 is 0 Å². The fourth-order valence-corrected chi connectivity index (χ4v) is 3.83. The molecule has 0 bridgehead atoms. The summed E-state index contributed by atoms with van der Waals surface area (Å²) in [4.78, 5) is 17.2. The molecule has 3 nitrogen and oxygen atoms in total. The number of carbonyl (C=O) groups is 1. The van der Waals surface area contributed by atoms with Crippen LogP contribution in [0.15, 0.2) is 54.6 Å². The van der Waals surface area contributed by atoms with Crippen molar-refractivity contribution in [2.75, 3.05) is 0 Å².